The molecule has 2 rings (SSSR count). The van der Waals surface area contributed by atoms with Crippen LogP contribution in [0.25, 0.3) is 5.57 Å². The van der Waals surface area contributed by atoms with E-state index in [0.717, 1.165) is 12.5 Å². The van der Waals surface area contributed by atoms with Gasteiger partial charge in [-0.2, -0.15) is 13.2 Å². The zero-order chi connectivity index (χ0) is 14.3. The van der Waals surface area contributed by atoms with E-state index < -0.39 is 11.7 Å². The number of hydrogen-bond donors (Lipinski definition) is 1. The summed E-state index contributed by atoms with van der Waals surface area (Å²) >= 11 is 0. The summed E-state index contributed by atoms with van der Waals surface area (Å²) in [6.07, 6.45) is 1.17. The van der Waals surface area contributed by atoms with Gasteiger partial charge in [-0.15, -0.1) is 0 Å². The Kier molecular flexibility index (Phi) is 3.43. The van der Waals surface area contributed by atoms with Gasteiger partial charge in [0.15, 0.2) is 0 Å². The van der Waals surface area contributed by atoms with Crippen LogP contribution >= 0.6 is 0 Å². The molecule has 1 heterocycles. The molecule has 0 spiro atoms. The summed E-state index contributed by atoms with van der Waals surface area (Å²) in [4.78, 5) is 3.83. The second-order valence-corrected chi connectivity index (χ2v) is 5.82. The van der Waals surface area contributed by atoms with Gasteiger partial charge in [-0.05, 0) is 29.9 Å². The summed E-state index contributed by atoms with van der Waals surface area (Å²) in [5, 5.41) is 0. The van der Waals surface area contributed by atoms with Crippen LogP contribution < -0.4 is 5.73 Å². The lowest BCUT2D eigenvalue weighted by molar-refractivity contribution is -0.137. The third kappa shape index (κ3) is 3.15. The van der Waals surface area contributed by atoms with E-state index in [1.165, 1.54) is 12.4 Å². The minimum atomic E-state index is -4.37. The molecule has 0 saturated heterocycles. The van der Waals surface area contributed by atoms with Crippen molar-refractivity contribution in [3.05, 3.63) is 35.7 Å². The average Bonchev–Trinajstić information content (AvgIpc) is 2.25. The molecular weight excluding hydrogens is 253 g/mol. The fourth-order valence-corrected chi connectivity index (χ4v) is 2.68. The maximum absolute atomic E-state index is 13.0. The Morgan fingerprint density at radius 2 is 2.05 bits per heavy atom. The molecule has 1 aromatic heterocycles. The van der Waals surface area contributed by atoms with Crippen molar-refractivity contribution in [2.75, 3.05) is 0 Å². The molecule has 5 heteroatoms. The Bertz CT molecular complexity index is 504. The van der Waals surface area contributed by atoms with Crippen LogP contribution in [0.2, 0.25) is 0 Å². The van der Waals surface area contributed by atoms with Crippen LogP contribution in [-0.4, -0.2) is 11.0 Å². The maximum Gasteiger partial charge on any atom is 0.417 e. The Labute approximate surface area is 110 Å². The Morgan fingerprint density at radius 1 is 1.37 bits per heavy atom. The molecule has 0 radical (unpaired) electrons. The van der Waals surface area contributed by atoms with Gasteiger partial charge in [0, 0.05) is 24.0 Å². The molecule has 1 unspecified atom stereocenters. The van der Waals surface area contributed by atoms with E-state index in [1.54, 1.807) is 6.08 Å². The fourth-order valence-electron chi connectivity index (χ4n) is 2.68. The SMILES string of the molecule is CC1(C)CC(c2cnccc2C(F)(F)F)=CC(N)C1. The van der Waals surface area contributed by atoms with E-state index in [4.69, 9.17) is 5.73 Å². The van der Waals surface area contributed by atoms with Crippen molar-refractivity contribution in [1.82, 2.24) is 4.98 Å². The minimum Gasteiger partial charge on any atom is -0.324 e. The van der Waals surface area contributed by atoms with Crippen molar-refractivity contribution in [2.24, 2.45) is 11.1 Å². The number of nitrogens with zero attached hydrogens (tertiary/aromatic N) is 1. The van der Waals surface area contributed by atoms with Gasteiger partial charge in [0.25, 0.3) is 0 Å². The van der Waals surface area contributed by atoms with Gasteiger partial charge in [0.05, 0.1) is 5.56 Å². The minimum absolute atomic E-state index is 0.0950. The van der Waals surface area contributed by atoms with Crippen LogP contribution in [-0.2, 0) is 6.18 Å². The number of halogens is 3. The smallest absolute Gasteiger partial charge is 0.324 e. The zero-order valence-electron chi connectivity index (χ0n) is 11.0. The summed E-state index contributed by atoms with van der Waals surface area (Å²) in [7, 11) is 0. The van der Waals surface area contributed by atoms with E-state index in [9.17, 15) is 13.2 Å². The first-order valence-electron chi connectivity index (χ1n) is 6.17. The second-order valence-electron chi connectivity index (χ2n) is 5.82. The summed E-state index contributed by atoms with van der Waals surface area (Å²) < 4.78 is 39.0. The lowest BCUT2D eigenvalue weighted by Crippen LogP contribution is -2.31. The molecule has 0 aromatic carbocycles. The van der Waals surface area contributed by atoms with Crippen LogP contribution in [0.15, 0.2) is 24.5 Å². The molecule has 1 aliphatic rings. The predicted molar refractivity (Wildman–Crippen MR) is 68.2 cm³/mol. The standard InChI is InChI=1S/C14H17F3N2/c1-13(2)6-9(5-10(18)7-13)11-8-19-4-3-12(11)14(15,16)17/h3-5,8,10H,6-7,18H2,1-2H3. The summed E-state index contributed by atoms with van der Waals surface area (Å²) in [5.74, 6) is 0. The van der Waals surface area contributed by atoms with E-state index >= 15 is 0 Å². The number of hydrogen-bond acceptors (Lipinski definition) is 2. The third-order valence-corrected chi connectivity index (χ3v) is 3.34. The van der Waals surface area contributed by atoms with E-state index in [2.05, 4.69) is 4.98 Å². The first kappa shape index (κ1) is 14.1. The topological polar surface area (TPSA) is 38.9 Å². The first-order valence-corrected chi connectivity index (χ1v) is 6.17. The van der Waals surface area contributed by atoms with Gasteiger partial charge in [-0.25, -0.2) is 0 Å². The molecule has 1 aromatic rings. The van der Waals surface area contributed by atoms with Crippen molar-refractivity contribution in [3.8, 4) is 0 Å². The molecule has 0 aliphatic heterocycles. The van der Waals surface area contributed by atoms with Gasteiger partial charge < -0.3 is 5.73 Å². The van der Waals surface area contributed by atoms with E-state index in [-0.39, 0.29) is 17.0 Å². The van der Waals surface area contributed by atoms with E-state index in [1.807, 2.05) is 13.8 Å². The Hall–Kier alpha value is -1.36. The fraction of sp³-hybridized carbons (Fsp3) is 0.500. The number of rotatable bonds is 1. The van der Waals surface area contributed by atoms with Crippen LogP contribution in [0.4, 0.5) is 13.2 Å². The van der Waals surface area contributed by atoms with Crippen LogP contribution in [0.3, 0.4) is 0 Å². The molecule has 0 amide bonds. The number of allylic oxidation sites excluding steroid dienone is 1. The monoisotopic (exact) mass is 270 g/mol. The summed E-state index contributed by atoms with van der Waals surface area (Å²) in [6.45, 7) is 4.03. The van der Waals surface area contributed by atoms with Crippen LogP contribution in [0.1, 0.15) is 37.8 Å². The van der Waals surface area contributed by atoms with Gasteiger partial charge in [0.1, 0.15) is 0 Å². The number of pyridine rings is 1. The Balaban J connectivity index is 2.48. The molecule has 19 heavy (non-hydrogen) atoms. The Morgan fingerprint density at radius 3 is 2.63 bits per heavy atom. The number of aromatic nitrogens is 1. The van der Waals surface area contributed by atoms with Crippen molar-refractivity contribution in [3.63, 3.8) is 0 Å². The van der Waals surface area contributed by atoms with Crippen LogP contribution in [0, 0.1) is 5.41 Å². The normalized spacial score (nSPS) is 23.1. The summed E-state index contributed by atoms with van der Waals surface area (Å²) in [5.41, 5.74) is 5.98. The highest BCUT2D eigenvalue weighted by atomic mass is 19.4. The van der Waals surface area contributed by atoms with Crippen LogP contribution in [0.5, 0.6) is 0 Å². The van der Waals surface area contributed by atoms with Gasteiger partial charge in [-0.1, -0.05) is 19.9 Å². The maximum atomic E-state index is 13.0. The molecular formula is C14H17F3N2. The number of alkyl halides is 3. The molecule has 0 bridgehead atoms. The molecule has 0 fully saturated rings. The van der Waals surface area contributed by atoms with E-state index in [0.29, 0.717) is 12.0 Å². The first-order chi connectivity index (χ1) is 8.69. The van der Waals surface area contributed by atoms with Crippen molar-refractivity contribution < 1.29 is 13.2 Å². The van der Waals surface area contributed by atoms with Gasteiger partial charge in [-0.3, -0.25) is 4.98 Å². The van der Waals surface area contributed by atoms with Gasteiger partial charge in [0.2, 0.25) is 0 Å². The highest BCUT2D eigenvalue weighted by Crippen LogP contribution is 2.42. The summed E-state index contributed by atoms with van der Waals surface area (Å²) in [6, 6.07) is 0.809. The molecule has 1 atom stereocenters. The zero-order valence-corrected chi connectivity index (χ0v) is 11.0. The number of nitrogens with two attached hydrogens (primary N) is 1. The average molecular weight is 270 g/mol. The third-order valence-electron chi connectivity index (χ3n) is 3.34. The largest absolute Gasteiger partial charge is 0.417 e. The highest BCUT2D eigenvalue weighted by Gasteiger charge is 2.36. The molecule has 0 saturated carbocycles. The molecule has 104 valence electrons. The molecule has 1 aliphatic carbocycles. The quantitative estimate of drug-likeness (QED) is 0.846. The van der Waals surface area contributed by atoms with Crippen molar-refractivity contribution >= 4 is 5.57 Å². The lowest BCUT2D eigenvalue weighted by atomic mass is 9.73. The second kappa shape index (κ2) is 4.63. The van der Waals surface area contributed by atoms with Gasteiger partial charge >= 0.3 is 6.18 Å². The van der Waals surface area contributed by atoms with Crippen molar-refractivity contribution in [2.45, 2.75) is 38.9 Å². The molecule has 2 nitrogen and oxygen atoms in total. The lowest BCUT2D eigenvalue weighted by Gasteiger charge is -2.33. The predicted octanol–water partition coefficient (Wildman–Crippen LogP) is 3.63. The highest BCUT2D eigenvalue weighted by molar-refractivity contribution is 5.70. The van der Waals surface area contributed by atoms with Crippen molar-refractivity contribution in [1.29, 1.82) is 0 Å². The molecule has 2 N–H and O–H groups in total.